The summed E-state index contributed by atoms with van der Waals surface area (Å²) in [6.45, 7) is 7.18. The van der Waals surface area contributed by atoms with Gasteiger partial charge in [-0.1, -0.05) is 90.5 Å². The molecule has 0 aliphatic heterocycles. The smallest absolute Gasteiger partial charge is 0.309 e. The molecule has 2 atom stereocenters. The number of hydrogen-bond donors (Lipinski definition) is 2. The Morgan fingerprint density at radius 2 is 1.65 bits per heavy atom. The second-order valence-electron chi connectivity index (χ2n) is 7.07. The molecular formula is C26H22N2O3. The minimum absolute atomic E-state index is 0.178. The first-order valence-corrected chi connectivity index (χ1v) is 9.85. The van der Waals surface area contributed by atoms with Crippen molar-refractivity contribution in [1.82, 2.24) is 5.32 Å². The van der Waals surface area contributed by atoms with Crippen molar-refractivity contribution in [3.8, 4) is 0 Å². The Morgan fingerprint density at radius 1 is 0.968 bits per heavy atom. The van der Waals surface area contributed by atoms with Crippen LogP contribution in [0.3, 0.4) is 0 Å². The van der Waals surface area contributed by atoms with Gasteiger partial charge in [0.25, 0.3) is 5.91 Å². The predicted octanol–water partition coefficient (Wildman–Crippen LogP) is 4.99. The van der Waals surface area contributed by atoms with Crippen molar-refractivity contribution in [1.29, 1.82) is 0 Å². The van der Waals surface area contributed by atoms with Crippen LogP contribution in [-0.4, -0.2) is 23.0 Å². The fraction of sp³-hybridized carbons (Fsp3) is 0.115. The SMILES string of the molecule is [C-]#[N+]c1cccc(CC(C(=O)O)C(C=Cc2ccccc2)NC(=O)c2ccccc2)c1. The van der Waals surface area contributed by atoms with Crippen LogP contribution in [0.25, 0.3) is 10.9 Å². The standard InChI is InChI=1S/C26H22N2O3/c1-27-22-14-8-11-20(17-22)18-23(26(30)31)24(16-15-19-9-4-2-5-10-19)28-25(29)21-12-6-3-7-13-21/h2-17,23-24H,18H2,(H,28,29)(H,30,31). The lowest BCUT2D eigenvalue weighted by molar-refractivity contribution is -0.142. The Balaban J connectivity index is 1.90. The molecule has 0 radical (unpaired) electrons. The van der Waals surface area contributed by atoms with Gasteiger partial charge in [-0.05, 0) is 24.1 Å². The molecule has 2 unspecified atom stereocenters. The summed E-state index contributed by atoms with van der Waals surface area (Å²) in [4.78, 5) is 28.4. The summed E-state index contributed by atoms with van der Waals surface area (Å²) < 4.78 is 0. The number of aliphatic carboxylic acids is 1. The van der Waals surface area contributed by atoms with Gasteiger partial charge in [0.1, 0.15) is 0 Å². The summed E-state index contributed by atoms with van der Waals surface area (Å²) >= 11 is 0. The first kappa shape index (κ1) is 21.5. The van der Waals surface area contributed by atoms with Crippen LogP contribution in [0.4, 0.5) is 5.69 Å². The molecule has 1 amide bonds. The summed E-state index contributed by atoms with van der Waals surface area (Å²) in [5.74, 6) is -2.28. The average molecular weight is 410 g/mol. The largest absolute Gasteiger partial charge is 0.481 e. The van der Waals surface area contributed by atoms with Gasteiger partial charge >= 0.3 is 5.97 Å². The van der Waals surface area contributed by atoms with E-state index in [0.717, 1.165) is 11.1 Å². The van der Waals surface area contributed by atoms with Crippen LogP contribution in [0.5, 0.6) is 0 Å². The molecule has 0 aliphatic rings. The molecule has 154 valence electrons. The van der Waals surface area contributed by atoms with E-state index in [0.29, 0.717) is 11.3 Å². The minimum atomic E-state index is -1.02. The highest BCUT2D eigenvalue weighted by Crippen LogP contribution is 2.20. The molecule has 0 spiro atoms. The van der Waals surface area contributed by atoms with Gasteiger partial charge in [0.2, 0.25) is 0 Å². The van der Waals surface area contributed by atoms with Crippen molar-refractivity contribution < 1.29 is 14.7 Å². The Morgan fingerprint density at radius 3 is 2.29 bits per heavy atom. The van der Waals surface area contributed by atoms with E-state index in [4.69, 9.17) is 6.57 Å². The zero-order chi connectivity index (χ0) is 22.1. The van der Waals surface area contributed by atoms with Crippen molar-refractivity contribution >= 4 is 23.6 Å². The molecular weight excluding hydrogens is 388 g/mol. The molecule has 5 nitrogen and oxygen atoms in total. The Hall–Kier alpha value is -4.17. The summed E-state index contributed by atoms with van der Waals surface area (Å²) in [5.41, 5.74) is 2.54. The van der Waals surface area contributed by atoms with Crippen LogP contribution in [0, 0.1) is 12.5 Å². The lowest BCUT2D eigenvalue weighted by Gasteiger charge is -2.23. The van der Waals surface area contributed by atoms with Gasteiger partial charge in [-0.2, -0.15) is 0 Å². The summed E-state index contributed by atoms with van der Waals surface area (Å²) in [5, 5.41) is 12.8. The van der Waals surface area contributed by atoms with E-state index in [9.17, 15) is 14.7 Å². The molecule has 0 saturated heterocycles. The molecule has 3 aromatic rings. The fourth-order valence-electron chi connectivity index (χ4n) is 3.26. The molecule has 3 rings (SSSR count). The maximum atomic E-state index is 12.8. The number of nitrogens with one attached hydrogen (secondary N) is 1. The maximum absolute atomic E-state index is 12.8. The molecule has 5 heteroatoms. The van der Waals surface area contributed by atoms with E-state index in [2.05, 4.69) is 10.2 Å². The fourth-order valence-corrected chi connectivity index (χ4v) is 3.26. The van der Waals surface area contributed by atoms with Crippen LogP contribution in [0.2, 0.25) is 0 Å². The number of carbonyl (C=O) groups excluding carboxylic acids is 1. The monoisotopic (exact) mass is 410 g/mol. The highest BCUT2D eigenvalue weighted by atomic mass is 16.4. The van der Waals surface area contributed by atoms with Crippen LogP contribution < -0.4 is 5.32 Å². The number of carbonyl (C=O) groups is 2. The van der Waals surface area contributed by atoms with Crippen molar-refractivity contribution in [2.75, 3.05) is 0 Å². The van der Waals surface area contributed by atoms with Crippen LogP contribution >= 0.6 is 0 Å². The Labute approximate surface area is 181 Å². The highest BCUT2D eigenvalue weighted by Gasteiger charge is 2.28. The van der Waals surface area contributed by atoms with E-state index in [1.54, 1.807) is 60.7 Å². The average Bonchev–Trinajstić information content (AvgIpc) is 2.81. The van der Waals surface area contributed by atoms with Crippen molar-refractivity contribution in [3.05, 3.63) is 119 Å². The molecule has 0 saturated carbocycles. The van der Waals surface area contributed by atoms with Crippen LogP contribution in [0.1, 0.15) is 21.5 Å². The predicted molar refractivity (Wildman–Crippen MR) is 121 cm³/mol. The first-order valence-electron chi connectivity index (χ1n) is 9.85. The van der Waals surface area contributed by atoms with E-state index in [1.807, 2.05) is 36.4 Å². The van der Waals surface area contributed by atoms with Crippen molar-refractivity contribution in [2.45, 2.75) is 12.5 Å². The number of carboxylic acids is 1. The minimum Gasteiger partial charge on any atom is -0.481 e. The molecule has 0 aromatic heterocycles. The Bertz CT molecular complexity index is 1100. The summed E-state index contributed by atoms with van der Waals surface area (Å²) in [6, 6.07) is 24.3. The molecule has 2 N–H and O–H groups in total. The van der Waals surface area contributed by atoms with E-state index in [-0.39, 0.29) is 12.3 Å². The number of rotatable bonds is 8. The lowest BCUT2D eigenvalue weighted by Crippen LogP contribution is -2.43. The topological polar surface area (TPSA) is 70.8 Å². The highest BCUT2D eigenvalue weighted by molar-refractivity contribution is 5.95. The maximum Gasteiger partial charge on any atom is 0.309 e. The van der Waals surface area contributed by atoms with Crippen LogP contribution in [-0.2, 0) is 11.2 Å². The zero-order valence-electron chi connectivity index (χ0n) is 16.8. The number of amides is 1. The first-order chi connectivity index (χ1) is 15.1. The Kier molecular flexibility index (Phi) is 7.34. The molecule has 0 fully saturated rings. The van der Waals surface area contributed by atoms with Crippen molar-refractivity contribution in [2.24, 2.45) is 5.92 Å². The van der Waals surface area contributed by atoms with E-state index < -0.39 is 17.9 Å². The molecule has 0 aliphatic carbocycles. The van der Waals surface area contributed by atoms with Gasteiger partial charge in [-0.3, -0.25) is 9.59 Å². The number of benzene rings is 3. The molecule has 31 heavy (non-hydrogen) atoms. The van der Waals surface area contributed by atoms with Gasteiger partial charge < -0.3 is 10.4 Å². The summed E-state index contributed by atoms with van der Waals surface area (Å²) in [7, 11) is 0. The second-order valence-corrected chi connectivity index (χ2v) is 7.07. The second kappa shape index (κ2) is 10.6. The van der Waals surface area contributed by atoms with Crippen molar-refractivity contribution in [3.63, 3.8) is 0 Å². The van der Waals surface area contributed by atoms with Gasteiger partial charge in [0.05, 0.1) is 18.5 Å². The normalized spacial score (nSPS) is 12.6. The summed E-state index contributed by atoms with van der Waals surface area (Å²) in [6.07, 6.45) is 3.70. The van der Waals surface area contributed by atoms with Crippen LogP contribution in [0.15, 0.2) is 91.0 Å². The number of nitrogens with zero attached hydrogens (tertiary/aromatic N) is 1. The number of carboxylic acid groups (broad SMARTS) is 1. The number of hydrogen-bond acceptors (Lipinski definition) is 2. The quantitative estimate of drug-likeness (QED) is 0.514. The van der Waals surface area contributed by atoms with Gasteiger partial charge in [0.15, 0.2) is 5.69 Å². The molecule has 0 heterocycles. The van der Waals surface area contributed by atoms with E-state index in [1.165, 1.54) is 0 Å². The zero-order valence-corrected chi connectivity index (χ0v) is 16.8. The van der Waals surface area contributed by atoms with Gasteiger partial charge in [-0.25, -0.2) is 4.85 Å². The molecule has 0 bridgehead atoms. The third kappa shape index (κ3) is 6.15. The van der Waals surface area contributed by atoms with Gasteiger partial charge in [0, 0.05) is 5.56 Å². The molecule has 3 aromatic carbocycles. The lowest BCUT2D eigenvalue weighted by atomic mass is 9.91. The van der Waals surface area contributed by atoms with Gasteiger partial charge in [-0.15, -0.1) is 0 Å². The third-order valence-electron chi connectivity index (χ3n) is 4.88. The van der Waals surface area contributed by atoms with E-state index >= 15 is 0 Å². The third-order valence-corrected chi connectivity index (χ3v) is 4.88.